The molecule has 1 aliphatic heterocycles. The summed E-state index contributed by atoms with van der Waals surface area (Å²) in [5.41, 5.74) is 2.56. The van der Waals surface area contributed by atoms with E-state index in [4.69, 9.17) is 0 Å². The molecule has 0 aromatic heterocycles. The van der Waals surface area contributed by atoms with E-state index in [0.717, 1.165) is 22.6 Å². The first-order valence-corrected chi connectivity index (χ1v) is 7.79. The van der Waals surface area contributed by atoms with Gasteiger partial charge >= 0.3 is 6.18 Å². The normalized spacial score (nSPS) is 18.8. The number of hydrogen-bond donors (Lipinski definition) is 1. The second kappa shape index (κ2) is 5.18. The molecule has 0 spiro atoms. The Bertz CT molecular complexity index is 692. The Morgan fingerprint density at radius 1 is 1.00 bits per heavy atom. The summed E-state index contributed by atoms with van der Waals surface area (Å²) < 4.78 is 50.6. The first kappa shape index (κ1) is 14.1. The quantitative estimate of drug-likeness (QED) is 0.586. The SMILES string of the molecule is Fc1ccc2c(c1)N=C[SH]2Cc1ccc(C(F)(F)F)cc1. The molecule has 0 fully saturated rings. The van der Waals surface area contributed by atoms with E-state index in [0.29, 0.717) is 11.4 Å². The maximum absolute atomic E-state index is 13.1. The van der Waals surface area contributed by atoms with Crippen molar-refractivity contribution in [3.8, 4) is 0 Å². The maximum atomic E-state index is 13.1. The van der Waals surface area contributed by atoms with Crippen molar-refractivity contribution in [2.75, 3.05) is 0 Å². The van der Waals surface area contributed by atoms with Crippen LogP contribution in [0.15, 0.2) is 52.4 Å². The molecule has 2 aromatic rings. The molecule has 0 aliphatic carbocycles. The van der Waals surface area contributed by atoms with Gasteiger partial charge in [-0.05, 0) is 29.8 Å². The van der Waals surface area contributed by atoms with Crippen molar-refractivity contribution in [1.29, 1.82) is 0 Å². The minimum atomic E-state index is -4.32. The molecule has 1 heterocycles. The van der Waals surface area contributed by atoms with Gasteiger partial charge in [-0.3, -0.25) is 4.99 Å². The molecule has 0 saturated carbocycles. The van der Waals surface area contributed by atoms with Crippen LogP contribution in [0, 0.1) is 5.82 Å². The highest BCUT2D eigenvalue weighted by atomic mass is 32.2. The van der Waals surface area contributed by atoms with Crippen LogP contribution in [0.25, 0.3) is 0 Å². The fraction of sp³-hybridized carbons (Fsp3) is 0.133. The Kier molecular flexibility index (Phi) is 3.49. The van der Waals surface area contributed by atoms with Crippen LogP contribution >= 0.6 is 10.9 Å². The van der Waals surface area contributed by atoms with Crippen molar-refractivity contribution in [2.45, 2.75) is 16.8 Å². The standard InChI is InChI=1S/C15H11F4NS/c16-12-5-6-14-13(7-12)20-9-21(14)8-10-1-3-11(4-2-10)15(17,18)19/h1-7,9,21H,8H2. The molecule has 21 heavy (non-hydrogen) atoms. The van der Waals surface area contributed by atoms with E-state index in [2.05, 4.69) is 4.99 Å². The number of fused-ring (bicyclic) bond motifs is 1. The molecular weight excluding hydrogens is 302 g/mol. The molecule has 0 amide bonds. The maximum Gasteiger partial charge on any atom is 0.416 e. The molecule has 3 rings (SSSR count). The van der Waals surface area contributed by atoms with E-state index in [1.165, 1.54) is 24.3 Å². The van der Waals surface area contributed by atoms with E-state index < -0.39 is 22.6 Å². The zero-order valence-electron chi connectivity index (χ0n) is 10.7. The number of aliphatic imine (C=N–C) groups is 1. The average molecular weight is 313 g/mol. The molecule has 1 atom stereocenters. The van der Waals surface area contributed by atoms with E-state index in [9.17, 15) is 17.6 Å². The number of rotatable bonds is 2. The predicted molar refractivity (Wildman–Crippen MR) is 77.0 cm³/mol. The van der Waals surface area contributed by atoms with Crippen LogP contribution in [0.1, 0.15) is 11.1 Å². The van der Waals surface area contributed by atoms with Gasteiger partial charge in [-0.1, -0.05) is 12.1 Å². The third-order valence-corrected chi connectivity index (χ3v) is 5.31. The van der Waals surface area contributed by atoms with E-state index >= 15 is 0 Å². The van der Waals surface area contributed by atoms with Crippen molar-refractivity contribution >= 4 is 22.1 Å². The van der Waals surface area contributed by atoms with Crippen LogP contribution in [-0.2, 0) is 11.9 Å². The van der Waals surface area contributed by atoms with Gasteiger partial charge < -0.3 is 0 Å². The Labute approximate surface area is 121 Å². The molecule has 0 N–H and O–H groups in total. The van der Waals surface area contributed by atoms with Gasteiger partial charge in [0.1, 0.15) is 5.82 Å². The number of alkyl halides is 3. The van der Waals surface area contributed by atoms with Crippen LogP contribution in [0.2, 0.25) is 0 Å². The number of benzene rings is 2. The van der Waals surface area contributed by atoms with E-state index in [1.807, 2.05) is 0 Å². The predicted octanol–water partition coefficient (Wildman–Crippen LogP) is 5.08. The Hall–Kier alpha value is -1.82. The minimum Gasteiger partial charge on any atom is -0.250 e. The van der Waals surface area contributed by atoms with Crippen LogP contribution in [0.5, 0.6) is 0 Å². The van der Waals surface area contributed by atoms with E-state index in [1.54, 1.807) is 11.6 Å². The molecule has 0 radical (unpaired) electrons. The van der Waals surface area contributed by atoms with Gasteiger partial charge in [-0.25, -0.2) is 4.39 Å². The summed E-state index contributed by atoms with van der Waals surface area (Å²) in [5, 5.41) is 0. The molecule has 2 aromatic carbocycles. The summed E-state index contributed by atoms with van der Waals surface area (Å²) in [5.74, 6) is 0.271. The van der Waals surface area contributed by atoms with E-state index in [-0.39, 0.29) is 5.82 Å². The van der Waals surface area contributed by atoms with Crippen LogP contribution in [0.4, 0.5) is 23.2 Å². The summed E-state index contributed by atoms with van der Waals surface area (Å²) in [6.45, 7) is 0. The van der Waals surface area contributed by atoms with Gasteiger partial charge in [0.25, 0.3) is 0 Å². The molecule has 0 saturated heterocycles. The molecule has 6 heteroatoms. The number of hydrogen-bond acceptors (Lipinski definition) is 1. The number of nitrogens with zero attached hydrogens (tertiary/aromatic N) is 1. The van der Waals surface area contributed by atoms with Gasteiger partial charge in [0.2, 0.25) is 0 Å². The molecule has 1 aliphatic rings. The minimum absolute atomic E-state index is 0.336. The molecule has 1 unspecified atom stereocenters. The topological polar surface area (TPSA) is 12.4 Å². The average Bonchev–Trinajstić information content (AvgIpc) is 2.80. The highest BCUT2D eigenvalue weighted by molar-refractivity contribution is 8.28. The fourth-order valence-electron chi connectivity index (χ4n) is 2.16. The van der Waals surface area contributed by atoms with Crippen LogP contribution in [0.3, 0.4) is 0 Å². The Morgan fingerprint density at radius 2 is 1.71 bits per heavy atom. The lowest BCUT2D eigenvalue weighted by molar-refractivity contribution is -0.137. The zero-order chi connectivity index (χ0) is 15.0. The second-order valence-corrected chi connectivity index (χ2v) is 6.67. The third kappa shape index (κ3) is 2.95. The lowest BCUT2D eigenvalue weighted by Crippen LogP contribution is -2.04. The molecule has 110 valence electrons. The van der Waals surface area contributed by atoms with Crippen LogP contribution < -0.4 is 0 Å². The van der Waals surface area contributed by atoms with Crippen molar-refractivity contribution in [1.82, 2.24) is 0 Å². The Balaban J connectivity index is 1.79. The first-order valence-electron chi connectivity index (χ1n) is 6.20. The summed E-state index contributed by atoms with van der Waals surface area (Å²) in [7, 11) is -0.727. The van der Waals surface area contributed by atoms with Gasteiger partial charge in [-0.2, -0.15) is 24.1 Å². The summed E-state index contributed by atoms with van der Waals surface area (Å²) in [6, 6.07) is 9.61. The Morgan fingerprint density at radius 3 is 2.38 bits per heavy atom. The van der Waals surface area contributed by atoms with Gasteiger partial charge in [-0.15, -0.1) is 0 Å². The lowest BCUT2D eigenvalue weighted by atomic mass is 10.1. The highest BCUT2D eigenvalue weighted by Gasteiger charge is 2.30. The molecular formula is C15H11F4NS. The first-order chi connectivity index (χ1) is 9.93. The summed E-state index contributed by atoms with van der Waals surface area (Å²) in [6.07, 6.45) is -4.32. The van der Waals surface area contributed by atoms with Crippen molar-refractivity contribution in [3.05, 3.63) is 59.4 Å². The van der Waals surface area contributed by atoms with Crippen molar-refractivity contribution in [3.63, 3.8) is 0 Å². The summed E-state index contributed by atoms with van der Waals surface area (Å²) in [4.78, 5) is 5.14. The molecule has 0 bridgehead atoms. The smallest absolute Gasteiger partial charge is 0.250 e. The third-order valence-electron chi connectivity index (χ3n) is 3.22. The lowest BCUT2D eigenvalue weighted by Gasteiger charge is -2.14. The number of thiol groups is 1. The van der Waals surface area contributed by atoms with Crippen molar-refractivity contribution < 1.29 is 17.6 Å². The van der Waals surface area contributed by atoms with Crippen LogP contribution in [-0.4, -0.2) is 5.55 Å². The monoisotopic (exact) mass is 313 g/mol. The van der Waals surface area contributed by atoms with Gasteiger partial charge in [0, 0.05) is 22.3 Å². The van der Waals surface area contributed by atoms with Gasteiger partial charge in [0.05, 0.1) is 11.3 Å². The second-order valence-electron chi connectivity index (χ2n) is 4.70. The van der Waals surface area contributed by atoms with Gasteiger partial charge in [0.15, 0.2) is 0 Å². The zero-order valence-corrected chi connectivity index (χ0v) is 11.6. The highest BCUT2D eigenvalue weighted by Crippen LogP contribution is 2.48. The fourth-order valence-corrected chi connectivity index (χ4v) is 4.09. The summed E-state index contributed by atoms with van der Waals surface area (Å²) >= 11 is 0. The van der Waals surface area contributed by atoms with Crippen molar-refractivity contribution in [2.24, 2.45) is 4.99 Å². The largest absolute Gasteiger partial charge is 0.416 e. The molecule has 1 nitrogen and oxygen atoms in total. The number of halogens is 4.